The Labute approximate surface area is 193 Å². The first-order chi connectivity index (χ1) is 16.5. The molecule has 3 N–H and O–H groups in total. The van der Waals surface area contributed by atoms with Gasteiger partial charge in [0.25, 0.3) is 0 Å². The number of aliphatic hydroxyl groups is 2. The predicted molar refractivity (Wildman–Crippen MR) is 112 cm³/mol. The molecule has 0 fully saturated rings. The Morgan fingerprint density at radius 1 is 0.886 bits per heavy atom. The van der Waals surface area contributed by atoms with E-state index in [9.17, 15) is 31.4 Å². The molecule has 0 spiro atoms. The molecule has 3 aromatic heterocycles. The fourth-order valence-electron chi connectivity index (χ4n) is 3.30. The molecule has 182 valence electrons. The first-order valence-electron chi connectivity index (χ1n) is 9.89. The van der Waals surface area contributed by atoms with Gasteiger partial charge in [-0.2, -0.15) is 31.4 Å². The van der Waals surface area contributed by atoms with Gasteiger partial charge in [0.2, 0.25) is 0 Å². The zero-order valence-electron chi connectivity index (χ0n) is 17.4. The fourth-order valence-corrected chi connectivity index (χ4v) is 3.30. The summed E-state index contributed by atoms with van der Waals surface area (Å²) in [4.78, 5) is 7.57. The van der Waals surface area contributed by atoms with Crippen LogP contribution in [0.25, 0.3) is 22.0 Å². The van der Waals surface area contributed by atoms with Crippen LogP contribution in [0.1, 0.15) is 22.8 Å². The molecular formula is C22H15F6N5O2. The van der Waals surface area contributed by atoms with Crippen LogP contribution in [0.15, 0.2) is 55.0 Å². The van der Waals surface area contributed by atoms with E-state index in [0.29, 0.717) is 17.0 Å². The Balaban J connectivity index is 1.72. The van der Waals surface area contributed by atoms with E-state index in [-0.39, 0.29) is 22.8 Å². The van der Waals surface area contributed by atoms with Gasteiger partial charge in [-0.25, -0.2) is 4.98 Å². The number of fused-ring (bicyclic) bond motifs is 1. The van der Waals surface area contributed by atoms with Gasteiger partial charge in [0, 0.05) is 34.3 Å². The smallest absolute Gasteiger partial charge is 0.393 e. The van der Waals surface area contributed by atoms with Crippen LogP contribution in [-0.2, 0) is 12.4 Å². The highest BCUT2D eigenvalue weighted by molar-refractivity contribution is 5.95. The number of pyridine rings is 2. The van der Waals surface area contributed by atoms with Gasteiger partial charge in [0.1, 0.15) is 11.9 Å². The first-order valence-corrected chi connectivity index (χ1v) is 9.89. The number of aliphatic hydroxyl groups excluding tert-OH is 2. The van der Waals surface area contributed by atoms with Gasteiger partial charge >= 0.3 is 12.4 Å². The minimum atomic E-state index is -4.79. The van der Waals surface area contributed by atoms with Gasteiger partial charge in [0.15, 0.2) is 5.82 Å². The normalized spacial score (nSPS) is 13.1. The Hall–Kier alpha value is -3.84. The second kappa shape index (κ2) is 9.07. The zero-order chi connectivity index (χ0) is 25.4. The summed E-state index contributed by atoms with van der Waals surface area (Å²) in [7, 11) is 0. The summed E-state index contributed by atoms with van der Waals surface area (Å²) in [5.41, 5.74) is -2.52. The molecule has 7 nitrogen and oxygen atoms in total. The standard InChI is InChI=1S/C22H15F6N5O2/c23-21(24,25)14-2-4-18(29-9-14)32-20-15-3-1-11(5-12(15)8-31-33-20)19-16(22(26,27)28)6-13(7-30-19)17(35)10-34/h1-9,17,34-35H,10H2,(H,29,32,33)/t17-/m1/s1. The van der Waals surface area contributed by atoms with Crippen LogP contribution in [-0.4, -0.2) is 37.0 Å². The number of nitrogens with zero attached hydrogens (tertiary/aromatic N) is 4. The highest BCUT2D eigenvalue weighted by Crippen LogP contribution is 2.38. The summed E-state index contributed by atoms with van der Waals surface area (Å²) in [5.74, 6) is 0.189. The van der Waals surface area contributed by atoms with Gasteiger partial charge < -0.3 is 15.5 Å². The second-order valence-corrected chi connectivity index (χ2v) is 7.41. The van der Waals surface area contributed by atoms with Crippen molar-refractivity contribution in [2.75, 3.05) is 11.9 Å². The van der Waals surface area contributed by atoms with Crippen LogP contribution in [0.5, 0.6) is 0 Å². The van der Waals surface area contributed by atoms with Crippen LogP contribution in [0, 0.1) is 0 Å². The van der Waals surface area contributed by atoms with Gasteiger partial charge in [-0.05, 0) is 30.3 Å². The van der Waals surface area contributed by atoms with Crippen LogP contribution >= 0.6 is 0 Å². The second-order valence-electron chi connectivity index (χ2n) is 7.41. The van der Waals surface area contributed by atoms with Crippen molar-refractivity contribution >= 4 is 22.4 Å². The molecule has 4 rings (SSSR count). The number of hydrogen-bond acceptors (Lipinski definition) is 7. The molecule has 0 unspecified atom stereocenters. The molecule has 1 atom stereocenters. The molecule has 0 saturated carbocycles. The average Bonchev–Trinajstić information content (AvgIpc) is 2.82. The van der Waals surface area contributed by atoms with Crippen LogP contribution in [0.2, 0.25) is 0 Å². The lowest BCUT2D eigenvalue weighted by Gasteiger charge is -2.16. The number of alkyl halides is 6. The van der Waals surface area contributed by atoms with Crippen LogP contribution < -0.4 is 5.32 Å². The largest absolute Gasteiger partial charge is 0.418 e. The van der Waals surface area contributed by atoms with Gasteiger partial charge in [-0.15, -0.1) is 5.10 Å². The summed E-state index contributed by atoms with van der Waals surface area (Å²) in [6, 6.07) is 6.91. The summed E-state index contributed by atoms with van der Waals surface area (Å²) in [6.07, 6.45) is -7.85. The van der Waals surface area contributed by atoms with E-state index in [1.54, 1.807) is 0 Å². The average molecular weight is 495 g/mol. The molecule has 4 aromatic rings. The summed E-state index contributed by atoms with van der Waals surface area (Å²) < 4.78 is 79.3. The Bertz CT molecular complexity index is 1360. The SMILES string of the molecule is OC[C@@H](O)c1cnc(-c2ccc3c(Nc4ccc(C(F)(F)F)cn4)nncc3c2)c(C(F)(F)F)c1. The summed E-state index contributed by atoms with van der Waals surface area (Å²) in [6.45, 7) is -0.767. The Morgan fingerprint density at radius 2 is 1.66 bits per heavy atom. The van der Waals surface area contributed by atoms with E-state index in [4.69, 9.17) is 5.11 Å². The molecule has 0 amide bonds. The van der Waals surface area contributed by atoms with E-state index < -0.39 is 41.9 Å². The zero-order valence-corrected chi connectivity index (χ0v) is 17.4. The number of nitrogens with one attached hydrogen (secondary N) is 1. The third-order valence-electron chi connectivity index (χ3n) is 5.04. The maximum atomic E-state index is 13.7. The first kappa shape index (κ1) is 24.3. The molecular weight excluding hydrogens is 480 g/mol. The van der Waals surface area contributed by atoms with Gasteiger partial charge in [0.05, 0.1) is 29.6 Å². The molecule has 0 bridgehead atoms. The molecule has 0 aliphatic rings. The summed E-state index contributed by atoms with van der Waals surface area (Å²) in [5, 5.41) is 30.0. The van der Waals surface area contributed by atoms with E-state index in [0.717, 1.165) is 24.4 Å². The summed E-state index contributed by atoms with van der Waals surface area (Å²) >= 11 is 0. The minimum Gasteiger partial charge on any atom is -0.393 e. The van der Waals surface area contributed by atoms with E-state index >= 15 is 0 Å². The van der Waals surface area contributed by atoms with Crippen LogP contribution in [0.3, 0.4) is 0 Å². The van der Waals surface area contributed by atoms with Crippen molar-refractivity contribution in [3.05, 3.63) is 71.7 Å². The van der Waals surface area contributed by atoms with Crippen LogP contribution in [0.4, 0.5) is 38.0 Å². The minimum absolute atomic E-state index is 0.0583. The highest BCUT2D eigenvalue weighted by Gasteiger charge is 2.35. The molecule has 3 heterocycles. The molecule has 0 saturated heterocycles. The molecule has 13 heteroatoms. The van der Waals surface area contributed by atoms with E-state index in [2.05, 4.69) is 25.5 Å². The number of benzene rings is 1. The quantitative estimate of drug-likeness (QED) is 0.339. The van der Waals surface area contributed by atoms with Crippen molar-refractivity contribution in [1.82, 2.24) is 20.2 Å². The molecule has 35 heavy (non-hydrogen) atoms. The van der Waals surface area contributed by atoms with Crippen molar-refractivity contribution in [1.29, 1.82) is 0 Å². The number of rotatable bonds is 5. The van der Waals surface area contributed by atoms with E-state index in [1.807, 2.05) is 0 Å². The third-order valence-corrected chi connectivity index (χ3v) is 5.04. The fraction of sp³-hybridized carbons (Fsp3) is 0.182. The monoisotopic (exact) mass is 495 g/mol. The van der Waals surface area contributed by atoms with E-state index in [1.165, 1.54) is 24.4 Å². The van der Waals surface area contributed by atoms with Crippen molar-refractivity contribution < 1.29 is 36.6 Å². The molecule has 0 aliphatic heterocycles. The Morgan fingerprint density at radius 3 is 2.29 bits per heavy atom. The number of hydrogen-bond donors (Lipinski definition) is 3. The number of anilines is 2. The maximum Gasteiger partial charge on any atom is 0.418 e. The third kappa shape index (κ3) is 5.15. The van der Waals surface area contributed by atoms with Gasteiger partial charge in [-0.3, -0.25) is 4.98 Å². The number of halogens is 6. The maximum absolute atomic E-state index is 13.7. The van der Waals surface area contributed by atoms with Crippen molar-refractivity contribution in [3.8, 4) is 11.3 Å². The molecule has 0 aliphatic carbocycles. The molecule has 1 aromatic carbocycles. The lowest BCUT2D eigenvalue weighted by Crippen LogP contribution is -2.12. The Kier molecular flexibility index (Phi) is 6.30. The lowest BCUT2D eigenvalue weighted by molar-refractivity contribution is -0.138. The lowest BCUT2D eigenvalue weighted by atomic mass is 10.00. The number of aromatic nitrogens is 4. The van der Waals surface area contributed by atoms with Gasteiger partial charge in [-0.1, -0.05) is 6.07 Å². The molecule has 0 radical (unpaired) electrons. The van der Waals surface area contributed by atoms with Crippen molar-refractivity contribution in [3.63, 3.8) is 0 Å². The predicted octanol–water partition coefficient (Wildman–Crippen LogP) is 4.89. The highest BCUT2D eigenvalue weighted by atomic mass is 19.4. The van der Waals surface area contributed by atoms with Crippen molar-refractivity contribution in [2.45, 2.75) is 18.5 Å². The van der Waals surface area contributed by atoms with Crippen molar-refractivity contribution in [2.24, 2.45) is 0 Å². The topological polar surface area (TPSA) is 104 Å².